The number of rotatable bonds is 6. The van der Waals surface area contributed by atoms with Crippen molar-refractivity contribution in [2.75, 3.05) is 31.6 Å². The monoisotopic (exact) mass is 519 g/mol. The minimum Gasteiger partial charge on any atom is -0.381 e. The topological polar surface area (TPSA) is 81.0 Å². The van der Waals surface area contributed by atoms with Crippen molar-refractivity contribution < 1.29 is 13.5 Å². The van der Waals surface area contributed by atoms with Crippen molar-refractivity contribution in [1.29, 1.82) is 0 Å². The molecular formula is C28H31F2N7O. The minimum atomic E-state index is -0.629. The number of ether oxygens (including phenoxy) is 1. The van der Waals surface area contributed by atoms with E-state index in [0.29, 0.717) is 22.7 Å². The predicted molar refractivity (Wildman–Crippen MR) is 141 cm³/mol. The molecule has 0 radical (unpaired) electrons. The van der Waals surface area contributed by atoms with Gasteiger partial charge in [-0.2, -0.15) is 5.10 Å². The number of hydrogen-bond donors (Lipinski definition) is 1. The van der Waals surface area contributed by atoms with Gasteiger partial charge in [-0.15, -0.1) is 0 Å². The molecule has 198 valence electrons. The number of aryl methyl sites for hydroxylation is 1. The Balaban J connectivity index is 1.24. The van der Waals surface area contributed by atoms with E-state index in [-0.39, 0.29) is 23.1 Å². The Kier molecular flexibility index (Phi) is 6.53. The van der Waals surface area contributed by atoms with Crippen LogP contribution < -0.4 is 5.32 Å². The molecule has 0 saturated carbocycles. The summed E-state index contributed by atoms with van der Waals surface area (Å²) in [4.78, 5) is 15.8. The fourth-order valence-electron chi connectivity index (χ4n) is 5.63. The largest absolute Gasteiger partial charge is 0.381 e. The first kappa shape index (κ1) is 24.8. The molecule has 6 rings (SSSR count). The molecule has 1 fully saturated rings. The molecule has 1 N–H and O–H groups in total. The Morgan fingerprint density at radius 2 is 2.03 bits per heavy atom. The lowest BCUT2D eigenvalue weighted by Gasteiger charge is -2.30. The van der Waals surface area contributed by atoms with Gasteiger partial charge in [0.15, 0.2) is 11.6 Å². The molecule has 0 amide bonds. The zero-order valence-electron chi connectivity index (χ0n) is 21.8. The second-order valence-electron chi connectivity index (χ2n) is 10.5. The Labute approximate surface area is 220 Å². The standard InChI is InChI=1S/C28H31F2N7O/c1-16(2)27-20-10-19(11-21(29)26(20)35-36(27)3)25-22(30)12-31-28(34-25)33-24-5-4-18-14-37(8-6-23(18)32-24)13-17-7-9-38-15-17/h4-5,10-12,16-17H,6-9,13-15H2,1-3H3,(H,31,32,33,34). The number of hydrogen-bond acceptors (Lipinski definition) is 7. The quantitative estimate of drug-likeness (QED) is 0.385. The average molecular weight is 520 g/mol. The van der Waals surface area contributed by atoms with Crippen LogP contribution in [0, 0.1) is 17.6 Å². The Morgan fingerprint density at radius 1 is 1.16 bits per heavy atom. The van der Waals surface area contributed by atoms with Crippen LogP contribution in [0.2, 0.25) is 0 Å². The molecule has 1 unspecified atom stereocenters. The molecule has 0 bridgehead atoms. The van der Waals surface area contributed by atoms with Crippen molar-refractivity contribution in [2.45, 2.75) is 39.2 Å². The number of pyridine rings is 1. The van der Waals surface area contributed by atoms with Gasteiger partial charge in [-0.25, -0.2) is 23.7 Å². The summed E-state index contributed by atoms with van der Waals surface area (Å²) in [5.74, 6) is 0.373. The zero-order chi connectivity index (χ0) is 26.4. The van der Waals surface area contributed by atoms with Crippen LogP contribution >= 0.6 is 0 Å². The van der Waals surface area contributed by atoms with Crippen LogP contribution in [0.4, 0.5) is 20.5 Å². The minimum absolute atomic E-state index is 0.0198. The summed E-state index contributed by atoms with van der Waals surface area (Å²) in [6, 6.07) is 6.99. The lowest BCUT2D eigenvalue weighted by Crippen LogP contribution is -2.35. The van der Waals surface area contributed by atoms with Gasteiger partial charge in [-0.05, 0) is 42.0 Å². The van der Waals surface area contributed by atoms with Crippen molar-refractivity contribution in [2.24, 2.45) is 13.0 Å². The highest BCUT2D eigenvalue weighted by molar-refractivity contribution is 5.87. The van der Waals surface area contributed by atoms with Crippen LogP contribution in [0.15, 0.2) is 30.5 Å². The highest BCUT2D eigenvalue weighted by Gasteiger charge is 2.24. The van der Waals surface area contributed by atoms with E-state index in [9.17, 15) is 8.78 Å². The number of nitrogens with zero attached hydrogens (tertiary/aromatic N) is 6. The van der Waals surface area contributed by atoms with E-state index in [0.717, 1.165) is 63.3 Å². The van der Waals surface area contributed by atoms with Crippen LogP contribution in [0.5, 0.6) is 0 Å². The second-order valence-corrected chi connectivity index (χ2v) is 10.5. The van der Waals surface area contributed by atoms with Crippen LogP contribution in [0.25, 0.3) is 22.2 Å². The molecule has 0 aliphatic carbocycles. The summed E-state index contributed by atoms with van der Waals surface area (Å²) < 4.78 is 37.1. The highest BCUT2D eigenvalue weighted by atomic mass is 19.1. The smallest absolute Gasteiger partial charge is 0.229 e. The number of benzene rings is 1. The predicted octanol–water partition coefficient (Wildman–Crippen LogP) is 4.97. The lowest BCUT2D eigenvalue weighted by atomic mass is 10.0. The van der Waals surface area contributed by atoms with Crippen LogP contribution in [-0.2, 0) is 24.8 Å². The molecule has 1 atom stereocenters. The maximum absolute atomic E-state index is 15.0. The maximum atomic E-state index is 15.0. The molecule has 38 heavy (non-hydrogen) atoms. The molecule has 5 heterocycles. The molecular weight excluding hydrogens is 488 g/mol. The normalized spacial score (nSPS) is 17.9. The van der Waals surface area contributed by atoms with Gasteiger partial charge in [0.05, 0.1) is 12.8 Å². The summed E-state index contributed by atoms with van der Waals surface area (Å²) in [5.41, 5.74) is 3.75. The molecule has 1 aromatic carbocycles. The third kappa shape index (κ3) is 4.74. The van der Waals surface area contributed by atoms with Gasteiger partial charge in [0.25, 0.3) is 0 Å². The van der Waals surface area contributed by atoms with Crippen molar-refractivity contribution in [3.05, 3.63) is 59.0 Å². The van der Waals surface area contributed by atoms with E-state index in [1.807, 2.05) is 19.9 Å². The molecule has 3 aromatic heterocycles. The van der Waals surface area contributed by atoms with E-state index >= 15 is 0 Å². The van der Waals surface area contributed by atoms with Gasteiger partial charge in [-0.3, -0.25) is 9.58 Å². The van der Waals surface area contributed by atoms with E-state index in [1.165, 1.54) is 11.6 Å². The average Bonchev–Trinajstić information content (AvgIpc) is 3.52. The Morgan fingerprint density at radius 3 is 2.82 bits per heavy atom. The van der Waals surface area contributed by atoms with Crippen molar-refractivity contribution >= 4 is 22.7 Å². The Bertz CT molecular complexity index is 1500. The second kappa shape index (κ2) is 9.99. The van der Waals surface area contributed by atoms with Crippen molar-refractivity contribution in [3.8, 4) is 11.3 Å². The van der Waals surface area contributed by atoms with Gasteiger partial charge in [0.2, 0.25) is 5.95 Å². The third-order valence-electron chi connectivity index (χ3n) is 7.41. The van der Waals surface area contributed by atoms with Crippen molar-refractivity contribution in [1.82, 2.24) is 29.6 Å². The Hall–Kier alpha value is -3.50. The molecule has 8 nitrogen and oxygen atoms in total. The summed E-state index contributed by atoms with van der Waals surface area (Å²) >= 11 is 0. The first-order valence-electron chi connectivity index (χ1n) is 13.1. The molecule has 10 heteroatoms. The highest BCUT2D eigenvalue weighted by Crippen LogP contribution is 2.32. The summed E-state index contributed by atoms with van der Waals surface area (Å²) in [7, 11) is 1.79. The SMILES string of the molecule is CC(C)c1c2cc(-c3nc(Nc4ccc5c(n4)CCN(CC4CCOC4)C5)ncc3F)cc(F)c2nn1C. The van der Waals surface area contributed by atoms with E-state index in [1.54, 1.807) is 17.8 Å². The van der Waals surface area contributed by atoms with Crippen LogP contribution in [0.1, 0.15) is 43.1 Å². The molecule has 1 saturated heterocycles. The molecule has 4 aromatic rings. The first-order valence-corrected chi connectivity index (χ1v) is 13.1. The van der Waals surface area contributed by atoms with Crippen LogP contribution in [-0.4, -0.2) is 55.9 Å². The number of nitrogens with one attached hydrogen (secondary N) is 1. The number of aromatic nitrogens is 5. The van der Waals surface area contributed by atoms with Crippen LogP contribution in [0.3, 0.4) is 0 Å². The van der Waals surface area contributed by atoms with Gasteiger partial charge in [0, 0.05) is 62.0 Å². The van der Waals surface area contributed by atoms with Gasteiger partial charge in [-0.1, -0.05) is 19.9 Å². The summed E-state index contributed by atoms with van der Waals surface area (Å²) in [6.07, 6.45) is 3.09. The van der Waals surface area contributed by atoms with Gasteiger partial charge >= 0.3 is 0 Å². The van der Waals surface area contributed by atoms with E-state index in [4.69, 9.17) is 9.72 Å². The maximum Gasteiger partial charge on any atom is 0.229 e. The van der Waals surface area contributed by atoms with E-state index < -0.39 is 11.6 Å². The number of halogens is 2. The summed E-state index contributed by atoms with van der Waals surface area (Å²) in [6.45, 7) is 8.63. The summed E-state index contributed by atoms with van der Waals surface area (Å²) in [5, 5.41) is 8.07. The third-order valence-corrected chi connectivity index (χ3v) is 7.41. The van der Waals surface area contributed by atoms with Gasteiger partial charge < -0.3 is 10.1 Å². The molecule has 2 aliphatic rings. The molecule has 0 spiro atoms. The fraction of sp³-hybridized carbons (Fsp3) is 0.429. The first-order chi connectivity index (χ1) is 18.4. The van der Waals surface area contributed by atoms with Gasteiger partial charge in [0.1, 0.15) is 17.0 Å². The molecule has 2 aliphatic heterocycles. The zero-order valence-corrected chi connectivity index (χ0v) is 21.8. The number of anilines is 2. The van der Waals surface area contributed by atoms with E-state index in [2.05, 4.69) is 31.3 Å². The fourth-order valence-corrected chi connectivity index (χ4v) is 5.63. The van der Waals surface area contributed by atoms with Crippen molar-refractivity contribution in [3.63, 3.8) is 0 Å². The number of fused-ring (bicyclic) bond motifs is 2. The lowest BCUT2D eigenvalue weighted by molar-refractivity contribution is 0.161.